The van der Waals surface area contributed by atoms with Crippen LogP contribution in [0.25, 0.3) is 0 Å². The minimum Gasteiger partial charge on any atom is -0.444 e. The van der Waals surface area contributed by atoms with Crippen LogP contribution in [-0.4, -0.2) is 35.8 Å². The summed E-state index contributed by atoms with van der Waals surface area (Å²) in [5.74, 6) is 0. The summed E-state index contributed by atoms with van der Waals surface area (Å²) < 4.78 is 5.38. The van der Waals surface area contributed by atoms with Gasteiger partial charge in [-0.25, -0.2) is 9.78 Å². The van der Waals surface area contributed by atoms with Crippen molar-refractivity contribution < 1.29 is 9.53 Å². The summed E-state index contributed by atoms with van der Waals surface area (Å²) in [5, 5.41) is 6.20. The van der Waals surface area contributed by atoms with Gasteiger partial charge in [0.1, 0.15) is 5.60 Å². The van der Waals surface area contributed by atoms with Gasteiger partial charge >= 0.3 is 6.09 Å². The fraction of sp³-hybridized carbons (Fsp3) is 0.733. The van der Waals surface area contributed by atoms with Crippen molar-refractivity contribution >= 4 is 22.6 Å². The Balaban J connectivity index is 1.65. The molecule has 6 heteroatoms. The molecule has 1 aliphatic carbocycles. The van der Waals surface area contributed by atoms with Gasteiger partial charge in [0.05, 0.1) is 11.7 Å². The molecule has 5 nitrogen and oxygen atoms in total. The minimum atomic E-state index is -0.453. The second-order valence-corrected chi connectivity index (χ2v) is 8.05. The van der Waals surface area contributed by atoms with Crippen molar-refractivity contribution in [3.8, 4) is 0 Å². The molecule has 1 saturated carbocycles. The first-order chi connectivity index (χ1) is 9.77. The molecule has 2 heterocycles. The number of hydrogen-bond donors (Lipinski definition) is 1. The lowest BCUT2D eigenvalue weighted by molar-refractivity contribution is 0.0493. The summed E-state index contributed by atoms with van der Waals surface area (Å²) in [7, 11) is 0. The van der Waals surface area contributed by atoms with Gasteiger partial charge in [-0.2, -0.15) is 0 Å². The van der Waals surface area contributed by atoms with Crippen molar-refractivity contribution in [1.82, 2.24) is 10.3 Å². The van der Waals surface area contributed by atoms with Crippen LogP contribution in [0.3, 0.4) is 0 Å². The van der Waals surface area contributed by atoms with E-state index in [1.165, 1.54) is 12.8 Å². The summed E-state index contributed by atoms with van der Waals surface area (Å²) in [5.41, 5.74) is 0.838. The third-order valence-electron chi connectivity index (χ3n) is 4.11. The lowest BCUT2D eigenvalue weighted by Crippen LogP contribution is -2.44. The van der Waals surface area contributed by atoms with Crippen LogP contribution in [0.15, 0.2) is 5.38 Å². The van der Waals surface area contributed by atoms with E-state index in [0.29, 0.717) is 0 Å². The number of nitrogens with one attached hydrogen (secondary N) is 1. The second-order valence-electron chi connectivity index (χ2n) is 7.21. The van der Waals surface area contributed by atoms with Crippen molar-refractivity contribution in [3.63, 3.8) is 0 Å². The molecule has 21 heavy (non-hydrogen) atoms. The minimum absolute atomic E-state index is 0.163. The van der Waals surface area contributed by atoms with Gasteiger partial charge in [-0.3, -0.25) is 0 Å². The molecule has 1 aromatic rings. The Morgan fingerprint density at radius 2 is 2.24 bits per heavy atom. The van der Waals surface area contributed by atoms with Crippen LogP contribution < -0.4 is 10.2 Å². The maximum atomic E-state index is 12.0. The summed E-state index contributed by atoms with van der Waals surface area (Å²) in [6, 6.07) is 0.163. The molecule has 2 fully saturated rings. The largest absolute Gasteiger partial charge is 0.444 e. The number of thiazole rings is 1. The van der Waals surface area contributed by atoms with E-state index in [0.717, 1.165) is 23.9 Å². The van der Waals surface area contributed by atoms with Crippen molar-refractivity contribution in [1.29, 1.82) is 0 Å². The number of rotatable bonds is 2. The van der Waals surface area contributed by atoms with Gasteiger partial charge in [0.15, 0.2) is 5.13 Å². The van der Waals surface area contributed by atoms with E-state index < -0.39 is 5.60 Å². The van der Waals surface area contributed by atoms with E-state index in [-0.39, 0.29) is 17.6 Å². The molecular formula is C15H23N3O2S. The van der Waals surface area contributed by atoms with Crippen molar-refractivity contribution in [2.45, 2.75) is 52.2 Å². The summed E-state index contributed by atoms with van der Waals surface area (Å²) in [4.78, 5) is 18.9. The standard InChI is InChI=1S/C15H23N3O2S/c1-10-8-21-12(16-10)18-7-11(15(9-18)5-6-15)17-13(19)20-14(2,3)4/h8,11H,5-7,9H2,1-4H3,(H,17,19)/t11-/m0/s1. The van der Waals surface area contributed by atoms with Crippen LogP contribution in [0.4, 0.5) is 9.93 Å². The molecule has 1 atom stereocenters. The van der Waals surface area contributed by atoms with Gasteiger partial charge in [0, 0.05) is 23.9 Å². The maximum absolute atomic E-state index is 12.0. The van der Waals surface area contributed by atoms with Crippen LogP contribution in [0.1, 0.15) is 39.3 Å². The Hall–Kier alpha value is -1.30. The Labute approximate surface area is 129 Å². The molecule has 1 saturated heterocycles. The van der Waals surface area contributed by atoms with Gasteiger partial charge in [-0.05, 0) is 40.5 Å². The smallest absolute Gasteiger partial charge is 0.407 e. The van der Waals surface area contributed by atoms with Crippen LogP contribution in [-0.2, 0) is 4.74 Å². The fourth-order valence-corrected chi connectivity index (χ4v) is 3.73. The van der Waals surface area contributed by atoms with E-state index in [1.807, 2.05) is 27.7 Å². The Morgan fingerprint density at radius 3 is 2.76 bits per heavy atom. The lowest BCUT2D eigenvalue weighted by Gasteiger charge is -2.23. The third-order valence-corrected chi connectivity index (χ3v) is 5.13. The molecule has 0 bridgehead atoms. The van der Waals surface area contributed by atoms with E-state index >= 15 is 0 Å². The van der Waals surface area contributed by atoms with Crippen LogP contribution in [0.2, 0.25) is 0 Å². The van der Waals surface area contributed by atoms with Crippen molar-refractivity contribution in [2.75, 3.05) is 18.0 Å². The highest BCUT2D eigenvalue weighted by atomic mass is 32.1. The molecule has 1 spiro atoms. The number of aromatic nitrogens is 1. The van der Waals surface area contributed by atoms with E-state index in [9.17, 15) is 4.79 Å². The molecule has 116 valence electrons. The zero-order valence-electron chi connectivity index (χ0n) is 13.1. The zero-order chi connectivity index (χ0) is 15.3. The second kappa shape index (κ2) is 4.87. The predicted octanol–water partition coefficient (Wildman–Crippen LogP) is 2.95. The summed E-state index contributed by atoms with van der Waals surface area (Å²) in [6.45, 7) is 9.49. The average molecular weight is 309 g/mol. The number of anilines is 1. The first-order valence-electron chi connectivity index (χ1n) is 7.44. The SMILES string of the molecule is Cc1csc(N2C[C@H](NC(=O)OC(C)(C)C)C3(CC3)C2)n1. The van der Waals surface area contributed by atoms with Crippen molar-refractivity contribution in [2.24, 2.45) is 5.41 Å². The quantitative estimate of drug-likeness (QED) is 0.912. The predicted molar refractivity (Wildman–Crippen MR) is 83.9 cm³/mol. The number of aryl methyl sites for hydroxylation is 1. The van der Waals surface area contributed by atoms with Gasteiger partial charge in [-0.1, -0.05) is 0 Å². The normalized spacial score (nSPS) is 23.4. The zero-order valence-corrected chi connectivity index (χ0v) is 13.9. The topological polar surface area (TPSA) is 54.5 Å². The number of carbonyl (C=O) groups is 1. The van der Waals surface area contributed by atoms with Gasteiger partial charge < -0.3 is 15.0 Å². The maximum Gasteiger partial charge on any atom is 0.407 e. The van der Waals surface area contributed by atoms with E-state index in [4.69, 9.17) is 4.74 Å². The number of ether oxygens (including phenoxy) is 1. The molecule has 1 aliphatic heterocycles. The monoisotopic (exact) mass is 309 g/mol. The first kappa shape index (κ1) is 14.6. The third kappa shape index (κ3) is 3.15. The molecular weight excluding hydrogens is 286 g/mol. The molecule has 0 aromatic carbocycles. The van der Waals surface area contributed by atoms with E-state index in [1.54, 1.807) is 11.3 Å². The molecule has 1 aromatic heterocycles. The van der Waals surface area contributed by atoms with Gasteiger partial charge in [0.25, 0.3) is 0 Å². The summed E-state index contributed by atoms with van der Waals surface area (Å²) in [6.07, 6.45) is 2.04. The Bertz CT molecular complexity index is 545. The molecule has 3 rings (SSSR count). The Morgan fingerprint density at radius 1 is 1.52 bits per heavy atom. The highest BCUT2D eigenvalue weighted by Gasteiger charge is 2.56. The fourth-order valence-electron chi connectivity index (χ4n) is 2.92. The van der Waals surface area contributed by atoms with Gasteiger partial charge in [-0.15, -0.1) is 11.3 Å². The summed E-state index contributed by atoms with van der Waals surface area (Å²) >= 11 is 1.68. The molecule has 0 unspecified atom stereocenters. The van der Waals surface area contributed by atoms with E-state index in [2.05, 4.69) is 20.6 Å². The Kier molecular flexibility index (Phi) is 3.39. The molecule has 1 N–H and O–H groups in total. The number of nitrogens with zero attached hydrogens (tertiary/aromatic N) is 2. The van der Waals surface area contributed by atoms with Crippen molar-refractivity contribution in [3.05, 3.63) is 11.1 Å². The highest BCUT2D eigenvalue weighted by Crippen LogP contribution is 2.53. The first-order valence-corrected chi connectivity index (χ1v) is 8.32. The number of hydrogen-bond acceptors (Lipinski definition) is 5. The number of amides is 1. The van der Waals surface area contributed by atoms with Gasteiger partial charge in [0.2, 0.25) is 0 Å². The van der Waals surface area contributed by atoms with Crippen LogP contribution in [0.5, 0.6) is 0 Å². The average Bonchev–Trinajstić information content (AvgIpc) is 2.84. The highest BCUT2D eigenvalue weighted by molar-refractivity contribution is 7.13. The number of carbonyl (C=O) groups excluding carboxylic acids is 1. The molecule has 1 amide bonds. The van der Waals surface area contributed by atoms with Crippen LogP contribution >= 0.6 is 11.3 Å². The lowest BCUT2D eigenvalue weighted by atomic mass is 10.0. The van der Waals surface area contributed by atoms with Crippen LogP contribution in [0, 0.1) is 12.3 Å². The number of alkyl carbamates (subject to hydrolysis) is 1. The molecule has 2 aliphatic rings. The molecule has 0 radical (unpaired) electrons.